The van der Waals surface area contributed by atoms with Gasteiger partial charge in [-0.3, -0.25) is 4.79 Å². The van der Waals surface area contributed by atoms with Crippen molar-refractivity contribution in [3.63, 3.8) is 0 Å². The Bertz CT molecular complexity index is 790. The maximum atomic E-state index is 12.1. The van der Waals surface area contributed by atoms with Gasteiger partial charge in [0.2, 0.25) is 0 Å². The predicted molar refractivity (Wildman–Crippen MR) is 99.1 cm³/mol. The molecule has 0 unspecified atom stereocenters. The number of nitrogens with one attached hydrogen (secondary N) is 1. The Labute approximate surface area is 149 Å². The molecule has 0 saturated carbocycles. The molecule has 0 saturated heterocycles. The van der Waals surface area contributed by atoms with E-state index in [0.29, 0.717) is 12.4 Å². The number of halogens is 1. The number of carbonyl (C=O) groups is 1. The molecule has 0 aliphatic heterocycles. The molecule has 1 N–H and O–H groups in total. The number of hydrogen-bond donors (Lipinski definition) is 1. The third-order valence-corrected chi connectivity index (χ3v) is 4.05. The molecule has 1 heterocycles. The van der Waals surface area contributed by atoms with E-state index in [1.165, 1.54) is 11.8 Å². The summed E-state index contributed by atoms with van der Waals surface area (Å²) in [7, 11) is 0. The Morgan fingerprint density at radius 2 is 2.00 bits per heavy atom. The number of fused-ring (bicyclic) bond motifs is 1. The summed E-state index contributed by atoms with van der Waals surface area (Å²) in [6.07, 6.45) is 0. The summed E-state index contributed by atoms with van der Waals surface area (Å²) in [6, 6.07) is 15.0. The van der Waals surface area contributed by atoms with E-state index in [4.69, 9.17) is 4.74 Å². The van der Waals surface area contributed by atoms with E-state index in [1.54, 1.807) is 0 Å². The minimum absolute atomic E-state index is 0. The van der Waals surface area contributed by atoms with E-state index in [-0.39, 0.29) is 22.8 Å². The molecule has 3 aromatic rings. The number of hydrogen-bond acceptors (Lipinski definition) is 4. The highest BCUT2D eigenvalue weighted by Crippen LogP contribution is 2.23. The lowest BCUT2D eigenvalue weighted by molar-refractivity contribution is 0.102. The normalized spacial score (nSPS) is 10.3. The first-order valence-electron chi connectivity index (χ1n) is 7.10. The van der Waals surface area contributed by atoms with Gasteiger partial charge in [-0.25, -0.2) is 4.98 Å². The van der Waals surface area contributed by atoms with Gasteiger partial charge in [0, 0.05) is 11.6 Å². The van der Waals surface area contributed by atoms with Crippen molar-refractivity contribution in [3.05, 3.63) is 54.1 Å². The minimum Gasteiger partial charge on any atom is -0.494 e. The molecule has 0 aliphatic rings. The first kappa shape index (κ1) is 17.6. The minimum atomic E-state index is 0. The van der Waals surface area contributed by atoms with Crippen LogP contribution in [0, 0.1) is 0 Å². The van der Waals surface area contributed by atoms with Gasteiger partial charge in [0.1, 0.15) is 5.75 Å². The van der Waals surface area contributed by atoms with Gasteiger partial charge in [0.15, 0.2) is 10.9 Å². The first-order chi connectivity index (χ1) is 10.8. The highest BCUT2D eigenvalue weighted by atomic mass is 79.9. The monoisotopic (exact) mass is 392 g/mol. The molecule has 1 aromatic heterocycles. The second-order valence-corrected chi connectivity index (χ2v) is 5.70. The molecule has 2 aromatic carbocycles. The summed E-state index contributed by atoms with van der Waals surface area (Å²) in [4.78, 5) is 19.8. The van der Waals surface area contributed by atoms with Gasteiger partial charge in [-0.2, -0.15) is 0 Å². The van der Waals surface area contributed by atoms with Crippen LogP contribution in [-0.4, -0.2) is 28.1 Å². The molecule has 0 atom stereocenters. The summed E-state index contributed by atoms with van der Waals surface area (Å²) >= 11 is 1.41. The van der Waals surface area contributed by atoms with Crippen molar-refractivity contribution in [2.75, 3.05) is 12.4 Å². The van der Waals surface area contributed by atoms with Crippen LogP contribution in [0.4, 0.5) is 0 Å². The van der Waals surface area contributed by atoms with Gasteiger partial charge in [-0.05, 0) is 19.1 Å². The third kappa shape index (κ3) is 4.36. The Kier molecular flexibility index (Phi) is 6.24. The van der Waals surface area contributed by atoms with Gasteiger partial charge < -0.3 is 9.72 Å². The number of Topliss-reactive ketones (excluding diaryl/α,β-unsaturated/α-hetero) is 1. The van der Waals surface area contributed by atoms with Crippen LogP contribution in [0.3, 0.4) is 0 Å². The number of rotatable bonds is 6. The molecule has 6 heteroatoms. The number of thioether (sulfide) groups is 1. The number of H-pyrrole nitrogens is 1. The van der Waals surface area contributed by atoms with Crippen molar-refractivity contribution in [3.8, 4) is 5.75 Å². The molecule has 0 fully saturated rings. The first-order valence-corrected chi connectivity index (χ1v) is 8.08. The molecule has 120 valence electrons. The number of nitrogens with zero attached hydrogens (tertiary/aromatic N) is 1. The Hall–Kier alpha value is -1.79. The number of benzene rings is 2. The van der Waals surface area contributed by atoms with Crippen LogP contribution < -0.4 is 4.74 Å². The molecular formula is C17H17BrN2O2S. The van der Waals surface area contributed by atoms with Gasteiger partial charge >= 0.3 is 0 Å². The van der Waals surface area contributed by atoms with Crippen LogP contribution in [0.2, 0.25) is 0 Å². The van der Waals surface area contributed by atoms with Crippen LogP contribution in [-0.2, 0) is 0 Å². The molecular weight excluding hydrogens is 376 g/mol. The van der Waals surface area contributed by atoms with Gasteiger partial charge in [-0.1, -0.05) is 42.1 Å². The Balaban J connectivity index is 0.00000192. The summed E-state index contributed by atoms with van der Waals surface area (Å²) in [6.45, 7) is 2.58. The highest BCUT2D eigenvalue weighted by Gasteiger charge is 2.09. The molecule has 23 heavy (non-hydrogen) atoms. The average molecular weight is 393 g/mol. The van der Waals surface area contributed by atoms with E-state index < -0.39 is 0 Å². The topological polar surface area (TPSA) is 55.0 Å². The quantitative estimate of drug-likeness (QED) is 0.495. The summed E-state index contributed by atoms with van der Waals surface area (Å²) in [5.41, 5.74) is 2.52. The lowest BCUT2D eigenvalue weighted by Crippen LogP contribution is -2.01. The molecule has 0 bridgehead atoms. The summed E-state index contributed by atoms with van der Waals surface area (Å²) in [5, 5.41) is 0.743. The van der Waals surface area contributed by atoms with E-state index >= 15 is 0 Å². The van der Waals surface area contributed by atoms with E-state index in [1.807, 2.05) is 55.5 Å². The van der Waals surface area contributed by atoms with Crippen molar-refractivity contribution < 1.29 is 9.53 Å². The van der Waals surface area contributed by atoms with Crippen molar-refractivity contribution in [2.45, 2.75) is 12.1 Å². The molecule has 0 radical (unpaired) electrons. The summed E-state index contributed by atoms with van der Waals surface area (Å²) < 4.78 is 5.47. The average Bonchev–Trinajstić information content (AvgIpc) is 2.96. The van der Waals surface area contributed by atoms with Crippen LogP contribution >= 0.6 is 28.7 Å². The predicted octanol–water partition coefficient (Wildman–Crippen LogP) is 4.51. The maximum Gasteiger partial charge on any atom is 0.173 e. The fourth-order valence-corrected chi connectivity index (χ4v) is 2.91. The number of ketones is 1. The molecule has 3 rings (SSSR count). The van der Waals surface area contributed by atoms with Crippen LogP contribution in [0.25, 0.3) is 11.0 Å². The number of ether oxygens (including phenoxy) is 1. The second-order valence-electron chi connectivity index (χ2n) is 4.73. The molecule has 0 spiro atoms. The fourth-order valence-electron chi connectivity index (χ4n) is 2.13. The number of carbonyl (C=O) groups excluding carboxylic acids is 1. The lowest BCUT2D eigenvalue weighted by Gasteiger charge is -2.00. The van der Waals surface area contributed by atoms with Crippen LogP contribution in [0.15, 0.2) is 53.7 Å². The molecule has 0 amide bonds. The summed E-state index contributed by atoms with van der Waals surface area (Å²) in [5.74, 6) is 1.28. The van der Waals surface area contributed by atoms with E-state index in [9.17, 15) is 4.79 Å². The van der Waals surface area contributed by atoms with E-state index in [0.717, 1.165) is 27.5 Å². The lowest BCUT2D eigenvalue weighted by atomic mass is 10.2. The number of imidazole rings is 1. The zero-order valence-corrected chi connectivity index (χ0v) is 15.1. The van der Waals surface area contributed by atoms with Crippen LogP contribution in [0.1, 0.15) is 17.3 Å². The molecule has 4 nitrogen and oxygen atoms in total. The zero-order valence-electron chi connectivity index (χ0n) is 12.6. The maximum absolute atomic E-state index is 12.1. The van der Waals surface area contributed by atoms with Crippen molar-refractivity contribution in [2.24, 2.45) is 0 Å². The van der Waals surface area contributed by atoms with Gasteiger partial charge in [-0.15, -0.1) is 17.0 Å². The largest absolute Gasteiger partial charge is 0.494 e. The Morgan fingerprint density at radius 1 is 1.22 bits per heavy atom. The van der Waals surface area contributed by atoms with E-state index in [2.05, 4.69) is 9.97 Å². The number of aromatic nitrogens is 2. The standard InChI is InChI=1S/C17H16N2O2S.BrH/c1-2-21-13-8-9-14-15(10-13)19-17(18-14)22-11-16(20)12-6-4-3-5-7-12;/h3-10H,2,11H2,1H3,(H,18,19);1H. The SMILES string of the molecule is Br.CCOc1ccc2nc(SCC(=O)c3ccccc3)[nH]c2c1. The zero-order chi connectivity index (χ0) is 15.4. The van der Waals surface area contributed by atoms with Crippen molar-refractivity contribution >= 4 is 45.6 Å². The van der Waals surface area contributed by atoms with Crippen molar-refractivity contribution in [1.29, 1.82) is 0 Å². The van der Waals surface area contributed by atoms with Crippen LogP contribution in [0.5, 0.6) is 5.75 Å². The van der Waals surface area contributed by atoms with Gasteiger partial charge in [0.05, 0.1) is 23.4 Å². The van der Waals surface area contributed by atoms with Crippen molar-refractivity contribution in [1.82, 2.24) is 9.97 Å². The third-order valence-electron chi connectivity index (χ3n) is 3.18. The number of aromatic amines is 1. The fraction of sp³-hybridized carbons (Fsp3) is 0.176. The smallest absolute Gasteiger partial charge is 0.173 e. The Morgan fingerprint density at radius 3 is 2.74 bits per heavy atom. The molecule has 0 aliphatic carbocycles. The highest BCUT2D eigenvalue weighted by molar-refractivity contribution is 8.93. The second kappa shape index (κ2) is 8.17. The van der Waals surface area contributed by atoms with Gasteiger partial charge in [0.25, 0.3) is 0 Å².